The predicted molar refractivity (Wildman–Crippen MR) is 92.1 cm³/mol. The third-order valence-electron chi connectivity index (χ3n) is 3.79. The quantitative estimate of drug-likeness (QED) is 0.854. The molecule has 2 aromatic carbocycles. The van der Waals surface area contributed by atoms with Crippen molar-refractivity contribution in [1.29, 1.82) is 0 Å². The fourth-order valence-electron chi connectivity index (χ4n) is 2.75. The lowest BCUT2D eigenvalue weighted by atomic mass is 9.95. The van der Waals surface area contributed by atoms with Gasteiger partial charge in [-0.3, -0.25) is 0 Å². The second kappa shape index (κ2) is 7.10. The van der Waals surface area contributed by atoms with Crippen LogP contribution in [-0.4, -0.2) is 14.2 Å². The molecule has 1 atom stereocenters. The molecule has 3 heteroatoms. The molecule has 0 spiro atoms. The number of rotatable bonds is 5. The van der Waals surface area contributed by atoms with E-state index in [0.29, 0.717) is 6.04 Å². The zero-order chi connectivity index (χ0) is 15.4. The van der Waals surface area contributed by atoms with E-state index in [9.17, 15) is 0 Å². The summed E-state index contributed by atoms with van der Waals surface area (Å²) in [7, 11) is 3.74. The molecule has 0 aliphatic rings. The second-order valence-electron chi connectivity index (χ2n) is 5.36. The van der Waals surface area contributed by atoms with Crippen LogP contribution >= 0.6 is 15.9 Å². The fraction of sp³-hybridized carbons (Fsp3) is 0.333. The van der Waals surface area contributed by atoms with Gasteiger partial charge in [-0.2, -0.15) is 0 Å². The number of hydrogen-bond acceptors (Lipinski definition) is 2. The third-order valence-corrected chi connectivity index (χ3v) is 4.32. The van der Waals surface area contributed by atoms with Crippen LogP contribution in [0.3, 0.4) is 0 Å². The van der Waals surface area contributed by atoms with Crippen LogP contribution in [0, 0.1) is 13.8 Å². The molecular formula is C18H22BrNO. The fourth-order valence-corrected chi connectivity index (χ4v) is 3.01. The zero-order valence-corrected chi connectivity index (χ0v) is 14.6. The van der Waals surface area contributed by atoms with Crippen LogP contribution in [0.5, 0.6) is 5.75 Å². The molecular weight excluding hydrogens is 326 g/mol. The Balaban J connectivity index is 2.27. The highest BCUT2D eigenvalue weighted by Gasteiger charge is 2.13. The predicted octanol–water partition coefficient (Wildman–Crippen LogP) is 4.58. The summed E-state index contributed by atoms with van der Waals surface area (Å²) in [6.07, 6.45) is 0.967. The third kappa shape index (κ3) is 3.86. The number of ether oxygens (including phenoxy) is 1. The maximum Gasteiger partial charge on any atom is 0.124 e. The first kappa shape index (κ1) is 16.1. The average molecular weight is 348 g/mol. The van der Waals surface area contributed by atoms with Gasteiger partial charge in [0.15, 0.2) is 0 Å². The SMILES string of the molecule is CNC(Cc1ccc(Br)cc1)c1cc(C)c(OC)c(C)c1. The van der Waals surface area contributed by atoms with Crippen molar-refractivity contribution in [2.24, 2.45) is 0 Å². The molecule has 0 fully saturated rings. The summed E-state index contributed by atoms with van der Waals surface area (Å²) in [5.74, 6) is 0.984. The first-order valence-electron chi connectivity index (χ1n) is 7.12. The van der Waals surface area contributed by atoms with Crippen molar-refractivity contribution in [3.63, 3.8) is 0 Å². The number of hydrogen-bond donors (Lipinski definition) is 1. The van der Waals surface area contributed by atoms with Gasteiger partial charge in [-0.15, -0.1) is 0 Å². The molecule has 0 aliphatic heterocycles. The highest BCUT2D eigenvalue weighted by Crippen LogP contribution is 2.28. The summed E-state index contributed by atoms with van der Waals surface area (Å²) in [4.78, 5) is 0. The minimum atomic E-state index is 0.300. The molecule has 2 rings (SSSR count). The topological polar surface area (TPSA) is 21.3 Å². The van der Waals surface area contributed by atoms with E-state index in [1.165, 1.54) is 22.3 Å². The minimum Gasteiger partial charge on any atom is -0.496 e. The lowest BCUT2D eigenvalue weighted by Gasteiger charge is -2.20. The van der Waals surface area contributed by atoms with Gasteiger partial charge >= 0.3 is 0 Å². The van der Waals surface area contributed by atoms with Crippen LogP contribution in [0.4, 0.5) is 0 Å². The summed E-state index contributed by atoms with van der Waals surface area (Å²) in [5, 5.41) is 3.42. The standard InChI is InChI=1S/C18H22BrNO/c1-12-9-15(10-13(2)18(12)21-4)17(20-3)11-14-5-7-16(19)8-6-14/h5-10,17,20H,11H2,1-4H3. The average Bonchev–Trinajstić information content (AvgIpc) is 2.46. The van der Waals surface area contributed by atoms with E-state index < -0.39 is 0 Å². The molecule has 0 heterocycles. The number of nitrogens with one attached hydrogen (secondary N) is 1. The minimum absolute atomic E-state index is 0.300. The Morgan fingerprint density at radius 2 is 1.67 bits per heavy atom. The van der Waals surface area contributed by atoms with E-state index in [4.69, 9.17) is 4.74 Å². The number of methoxy groups -OCH3 is 1. The van der Waals surface area contributed by atoms with Gasteiger partial charge in [0.2, 0.25) is 0 Å². The van der Waals surface area contributed by atoms with Crippen molar-refractivity contribution in [2.45, 2.75) is 26.3 Å². The highest BCUT2D eigenvalue weighted by atomic mass is 79.9. The second-order valence-corrected chi connectivity index (χ2v) is 6.28. The van der Waals surface area contributed by atoms with Crippen LogP contribution in [0.2, 0.25) is 0 Å². The Bertz CT molecular complexity index is 584. The molecule has 1 unspecified atom stereocenters. The number of benzene rings is 2. The Hall–Kier alpha value is -1.32. The summed E-state index contributed by atoms with van der Waals surface area (Å²) in [6, 6.07) is 13.2. The Labute approximate surface area is 135 Å². The van der Waals surface area contributed by atoms with Crippen LogP contribution in [-0.2, 0) is 6.42 Å². The van der Waals surface area contributed by atoms with E-state index >= 15 is 0 Å². The molecule has 2 nitrogen and oxygen atoms in total. The van der Waals surface area contributed by atoms with Gasteiger partial charge < -0.3 is 10.1 Å². The first-order chi connectivity index (χ1) is 10.0. The molecule has 0 aliphatic carbocycles. The highest BCUT2D eigenvalue weighted by molar-refractivity contribution is 9.10. The summed E-state index contributed by atoms with van der Waals surface area (Å²) >= 11 is 3.48. The van der Waals surface area contributed by atoms with Gasteiger partial charge in [0, 0.05) is 10.5 Å². The van der Waals surface area contributed by atoms with Gasteiger partial charge in [0.1, 0.15) is 5.75 Å². The van der Waals surface area contributed by atoms with Crippen molar-refractivity contribution < 1.29 is 4.74 Å². The normalized spacial score (nSPS) is 12.2. The van der Waals surface area contributed by atoms with Crippen molar-refractivity contribution in [3.8, 4) is 5.75 Å². The molecule has 0 saturated heterocycles. The first-order valence-corrected chi connectivity index (χ1v) is 7.91. The zero-order valence-electron chi connectivity index (χ0n) is 13.0. The molecule has 21 heavy (non-hydrogen) atoms. The van der Waals surface area contributed by atoms with E-state index in [2.05, 4.69) is 71.5 Å². The maximum absolute atomic E-state index is 5.45. The van der Waals surface area contributed by atoms with E-state index in [1.54, 1.807) is 7.11 Å². The molecule has 1 N–H and O–H groups in total. The molecule has 0 saturated carbocycles. The lowest BCUT2D eigenvalue weighted by Crippen LogP contribution is -2.19. The van der Waals surface area contributed by atoms with Gasteiger partial charge in [-0.1, -0.05) is 40.2 Å². The number of aryl methyl sites for hydroxylation is 2. The number of likely N-dealkylation sites (N-methyl/N-ethyl adjacent to an activating group) is 1. The van der Waals surface area contributed by atoms with E-state index in [0.717, 1.165) is 16.6 Å². The van der Waals surface area contributed by atoms with Crippen LogP contribution in [0.1, 0.15) is 28.3 Å². The molecule has 112 valence electrons. The van der Waals surface area contributed by atoms with Gasteiger partial charge in [-0.25, -0.2) is 0 Å². The number of halogens is 1. The molecule has 0 amide bonds. The van der Waals surface area contributed by atoms with E-state index in [-0.39, 0.29) is 0 Å². The van der Waals surface area contributed by atoms with Crippen LogP contribution in [0.15, 0.2) is 40.9 Å². The Morgan fingerprint density at radius 1 is 1.10 bits per heavy atom. The van der Waals surface area contributed by atoms with E-state index in [1.807, 2.05) is 7.05 Å². The molecule has 0 bridgehead atoms. The smallest absolute Gasteiger partial charge is 0.124 e. The van der Waals surface area contributed by atoms with Gasteiger partial charge in [0.05, 0.1) is 7.11 Å². The summed E-state index contributed by atoms with van der Waals surface area (Å²) in [5.41, 5.74) is 4.99. The van der Waals surface area contributed by atoms with Crippen molar-refractivity contribution >= 4 is 15.9 Å². The van der Waals surface area contributed by atoms with Crippen LogP contribution in [0.25, 0.3) is 0 Å². The molecule has 0 radical (unpaired) electrons. The van der Waals surface area contributed by atoms with Gasteiger partial charge in [0.25, 0.3) is 0 Å². The van der Waals surface area contributed by atoms with Crippen molar-refractivity contribution in [1.82, 2.24) is 5.32 Å². The van der Waals surface area contributed by atoms with Crippen LogP contribution < -0.4 is 10.1 Å². The summed E-state index contributed by atoms with van der Waals surface area (Å²) < 4.78 is 6.56. The molecule has 0 aromatic heterocycles. The summed E-state index contributed by atoms with van der Waals surface area (Å²) in [6.45, 7) is 4.20. The lowest BCUT2D eigenvalue weighted by molar-refractivity contribution is 0.408. The van der Waals surface area contributed by atoms with Crippen molar-refractivity contribution in [3.05, 3.63) is 63.1 Å². The van der Waals surface area contributed by atoms with Gasteiger partial charge in [-0.05, 0) is 61.7 Å². The largest absolute Gasteiger partial charge is 0.496 e. The Kier molecular flexibility index (Phi) is 5.43. The van der Waals surface area contributed by atoms with Crippen molar-refractivity contribution in [2.75, 3.05) is 14.2 Å². The molecule has 2 aromatic rings. The maximum atomic E-state index is 5.45. The monoisotopic (exact) mass is 347 g/mol. The Morgan fingerprint density at radius 3 is 2.14 bits per heavy atom.